The molecule has 0 aliphatic rings. The molecule has 5 heteroatoms. The summed E-state index contributed by atoms with van der Waals surface area (Å²) in [4.78, 5) is 13.5. The molecule has 1 heterocycles. The molecule has 0 radical (unpaired) electrons. The summed E-state index contributed by atoms with van der Waals surface area (Å²) in [5.74, 6) is -0.875. The van der Waals surface area contributed by atoms with Crippen LogP contribution in [-0.4, -0.2) is 11.1 Å². The van der Waals surface area contributed by atoms with E-state index in [1.807, 2.05) is 36.4 Å². The molecule has 2 N–H and O–H groups in total. The Kier molecular flexibility index (Phi) is 4.61. The van der Waals surface area contributed by atoms with E-state index in [2.05, 4.69) is 28.2 Å². The number of carboxylic acids is 1. The maximum absolute atomic E-state index is 11.4. The van der Waals surface area contributed by atoms with Crippen LogP contribution in [0.25, 0.3) is 0 Å². The van der Waals surface area contributed by atoms with Crippen molar-refractivity contribution >= 4 is 38.9 Å². The van der Waals surface area contributed by atoms with E-state index in [-0.39, 0.29) is 0 Å². The normalized spacial score (nSPS) is 12.1. The monoisotopic (exact) mass is 339 g/mol. The summed E-state index contributed by atoms with van der Waals surface area (Å²) >= 11 is 4.95. The third-order valence-electron chi connectivity index (χ3n) is 2.74. The van der Waals surface area contributed by atoms with Crippen molar-refractivity contribution in [2.45, 2.75) is 19.4 Å². The van der Waals surface area contributed by atoms with Gasteiger partial charge in [-0.15, -0.1) is 11.3 Å². The first-order valence-electron chi connectivity index (χ1n) is 5.94. The third kappa shape index (κ3) is 3.36. The van der Waals surface area contributed by atoms with Gasteiger partial charge in [0.25, 0.3) is 0 Å². The molecular formula is C14H14BrNO2S. The Hall–Kier alpha value is -1.33. The number of rotatable bonds is 5. The molecular weight excluding hydrogens is 326 g/mol. The van der Waals surface area contributed by atoms with Crippen molar-refractivity contribution in [3.05, 3.63) is 50.6 Å². The van der Waals surface area contributed by atoms with Gasteiger partial charge >= 0.3 is 5.97 Å². The van der Waals surface area contributed by atoms with Gasteiger partial charge in [-0.1, -0.05) is 19.1 Å². The maximum Gasteiger partial charge on any atom is 0.331 e. The molecule has 2 aromatic rings. The second kappa shape index (κ2) is 6.21. The molecule has 0 spiro atoms. The summed E-state index contributed by atoms with van der Waals surface area (Å²) < 4.78 is 0.855. The third-order valence-corrected chi connectivity index (χ3v) is 4.72. The number of nitrogens with one attached hydrogen (secondary N) is 1. The number of carbonyl (C=O) groups is 1. The zero-order valence-corrected chi connectivity index (χ0v) is 12.8. The Morgan fingerprint density at radius 2 is 2.11 bits per heavy atom. The molecule has 0 fully saturated rings. The molecule has 0 bridgehead atoms. The van der Waals surface area contributed by atoms with Gasteiger partial charge in [-0.2, -0.15) is 0 Å². The van der Waals surface area contributed by atoms with Crippen molar-refractivity contribution in [3.63, 3.8) is 0 Å². The van der Waals surface area contributed by atoms with Crippen LogP contribution in [0.4, 0.5) is 5.69 Å². The SMILES string of the molecule is CCc1ccc(C(Nc2ccccc2Br)C(=O)O)s1. The number of para-hydroxylation sites is 1. The lowest BCUT2D eigenvalue weighted by Crippen LogP contribution is -2.19. The number of aryl methyl sites for hydroxylation is 1. The van der Waals surface area contributed by atoms with Crippen molar-refractivity contribution in [3.8, 4) is 0 Å². The number of benzene rings is 1. The molecule has 1 aromatic carbocycles. The number of anilines is 1. The van der Waals surface area contributed by atoms with E-state index in [1.165, 1.54) is 16.2 Å². The van der Waals surface area contributed by atoms with Gasteiger partial charge in [-0.05, 0) is 46.6 Å². The quantitative estimate of drug-likeness (QED) is 0.853. The Bertz CT molecular complexity index is 582. The fourth-order valence-corrected chi connectivity index (χ4v) is 3.12. The molecule has 0 saturated heterocycles. The minimum atomic E-state index is -0.875. The second-order valence-corrected chi connectivity index (χ2v) is 6.11. The fraction of sp³-hybridized carbons (Fsp3) is 0.214. The number of hydrogen-bond donors (Lipinski definition) is 2. The minimum Gasteiger partial charge on any atom is -0.479 e. The summed E-state index contributed by atoms with van der Waals surface area (Å²) in [5, 5.41) is 12.5. The van der Waals surface area contributed by atoms with Crippen LogP contribution in [0, 0.1) is 0 Å². The van der Waals surface area contributed by atoms with Gasteiger partial charge in [-0.25, -0.2) is 4.79 Å². The molecule has 2 rings (SSSR count). The lowest BCUT2D eigenvalue weighted by Gasteiger charge is -2.15. The molecule has 0 aliphatic heterocycles. The average molecular weight is 340 g/mol. The molecule has 3 nitrogen and oxygen atoms in total. The second-order valence-electron chi connectivity index (χ2n) is 4.05. The van der Waals surface area contributed by atoms with Gasteiger partial charge in [0.05, 0.1) is 0 Å². The summed E-state index contributed by atoms with van der Waals surface area (Å²) in [5.41, 5.74) is 0.779. The van der Waals surface area contributed by atoms with Crippen molar-refractivity contribution in [2.24, 2.45) is 0 Å². The van der Waals surface area contributed by atoms with Gasteiger partial charge in [0, 0.05) is 19.9 Å². The van der Waals surface area contributed by atoms with Gasteiger partial charge < -0.3 is 10.4 Å². The fourth-order valence-electron chi connectivity index (χ4n) is 1.73. The number of halogens is 1. The molecule has 0 saturated carbocycles. The number of thiophene rings is 1. The highest BCUT2D eigenvalue weighted by Crippen LogP contribution is 2.30. The van der Waals surface area contributed by atoms with E-state index in [4.69, 9.17) is 0 Å². The highest BCUT2D eigenvalue weighted by molar-refractivity contribution is 9.10. The Balaban J connectivity index is 2.26. The van der Waals surface area contributed by atoms with Crippen molar-refractivity contribution in [2.75, 3.05) is 5.32 Å². The number of aliphatic carboxylic acids is 1. The molecule has 1 aromatic heterocycles. The van der Waals surface area contributed by atoms with Crippen LogP contribution in [0.15, 0.2) is 40.9 Å². The smallest absolute Gasteiger partial charge is 0.331 e. The van der Waals surface area contributed by atoms with Crippen LogP contribution in [0.5, 0.6) is 0 Å². The molecule has 100 valence electrons. The van der Waals surface area contributed by atoms with Crippen LogP contribution in [0.2, 0.25) is 0 Å². The molecule has 1 unspecified atom stereocenters. The van der Waals surface area contributed by atoms with Gasteiger partial charge in [0.1, 0.15) is 0 Å². The van der Waals surface area contributed by atoms with Gasteiger partial charge in [0.2, 0.25) is 0 Å². The minimum absolute atomic E-state index is 0.719. The summed E-state index contributed by atoms with van der Waals surface area (Å²) in [6.45, 7) is 2.06. The summed E-state index contributed by atoms with van der Waals surface area (Å²) in [6, 6.07) is 10.7. The molecule has 1 atom stereocenters. The predicted molar refractivity (Wildman–Crippen MR) is 81.8 cm³/mol. The van der Waals surface area contributed by atoms with Crippen LogP contribution >= 0.6 is 27.3 Å². The molecule has 19 heavy (non-hydrogen) atoms. The molecule has 0 aliphatic carbocycles. The maximum atomic E-state index is 11.4. The van der Waals surface area contributed by atoms with Crippen molar-refractivity contribution in [1.82, 2.24) is 0 Å². The first kappa shape index (κ1) is 14.1. The van der Waals surface area contributed by atoms with E-state index in [0.717, 1.165) is 21.5 Å². The van der Waals surface area contributed by atoms with E-state index in [0.29, 0.717) is 0 Å². The van der Waals surface area contributed by atoms with Crippen molar-refractivity contribution < 1.29 is 9.90 Å². The summed E-state index contributed by atoms with van der Waals surface area (Å²) in [7, 11) is 0. The van der Waals surface area contributed by atoms with Crippen LogP contribution < -0.4 is 5.32 Å². The Labute approximate surface area is 124 Å². The highest BCUT2D eigenvalue weighted by Gasteiger charge is 2.22. The highest BCUT2D eigenvalue weighted by atomic mass is 79.9. The van der Waals surface area contributed by atoms with E-state index in [1.54, 1.807) is 0 Å². The van der Waals surface area contributed by atoms with Crippen molar-refractivity contribution in [1.29, 1.82) is 0 Å². The zero-order chi connectivity index (χ0) is 13.8. The Morgan fingerprint density at radius 3 is 2.68 bits per heavy atom. The number of hydrogen-bond acceptors (Lipinski definition) is 3. The predicted octanol–water partition coefficient (Wildman–Crippen LogP) is 4.31. The first-order valence-corrected chi connectivity index (χ1v) is 7.55. The molecule has 0 amide bonds. The number of carboxylic acid groups (broad SMARTS) is 1. The van der Waals surface area contributed by atoms with Crippen LogP contribution in [-0.2, 0) is 11.2 Å². The largest absolute Gasteiger partial charge is 0.479 e. The van der Waals surface area contributed by atoms with E-state index in [9.17, 15) is 9.90 Å². The van der Waals surface area contributed by atoms with E-state index >= 15 is 0 Å². The standard InChI is InChI=1S/C14H14BrNO2S/c1-2-9-7-8-12(19-9)13(14(17)18)16-11-6-4-3-5-10(11)15/h3-8,13,16H,2H2,1H3,(H,17,18). The topological polar surface area (TPSA) is 49.3 Å². The first-order chi connectivity index (χ1) is 9.11. The van der Waals surface area contributed by atoms with Crippen LogP contribution in [0.1, 0.15) is 22.7 Å². The summed E-state index contributed by atoms with van der Waals surface area (Å²) in [6.07, 6.45) is 0.923. The Morgan fingerprint density at radius 1 is 1.37 bits per heavy atom. The lowest BCUT2D eigenvalue weighted by atomic mass is 10.2. The lowest BCUT2D eigenvalue weighted by molar-refractivity contribution is -0.138. The van der Waals surface area contributed by atoms with Gasteiger partial charge in [0.15, 0.2) is 6.04 Å². The van der Waals surface area contributed by atoms with E-state index < -0.39 is 12.0 Å². The van der Waals surface area contributed by atoms with Crippen LogP contribution in [0.3, 0.4) is 0 Å². The zero-order valence-electron chi connectivity index (χ0n) is 10.4. The van der Waals surface area contributed by atoms with Gasteiger partial charge in [-0.3, -0.25) is 0 Å². The average Bonchev–Trinajstić information content (AvgIpc) is 2.86.